The fourth-order valence-corrected chi connectivity index (χ4v) is 4.23. The second-order valence-electron chi connectivity index (χ2n) is 7.77. The normalized spacial score (nSPS) is 19.8. The van der Waals surface area contributed by atoms with Gasteiger partial charge in [-0.2, -0.15) is 0 Å². The molecule has 1 saturated carbocycles. The Labute approximate surface area is 166 Å². The van der Waals surface area contributed by atoms with E-state index in [-0.39, 0.29) is 18.1 Å². The number of rotatable bonds is 6. The molecule has 7 nitrogen and oxygen atoms in total. The molecule has 2 fully saturated rings. The van der Waals surface area contributed by atoms with Crippen LogP contribution < -0.4 is 11.1 Å². The molecule has 0 bridgehead atoms. The van der Waals surface area contributed by atoms with Gasteiger partial charge in [-0.25, -0.2) is 4.79 Å². The first kappa shape index (κ1) is 20.6. The Morgan fingerprint density at radius 3 is 2.64 bits per heavy atom. The molecule has 1 aliphatic heterocycles. The lowest BCUT2D eigenvalue weighted by molar-refractivity contribution is -0.125. The van der Waals surface area contributed by atoms with Crippen LogP contribution >= 0.6 is 0 Å². The van der Waals surface area contributed by atoms with Crippen LogP contribution in [0.5, 0.6) is 0 Å². The summed E-state index contributed by atoms with van der Waals surface area (Å²) in [6.07, 6.45) is 5.75. The maximum Gasteiger partial charge on any atom is 0.340 e. The van der Waals surface area contributed by atoms with Crippen LogP contribution in [0.4, 0.5) is 5.69 Å². The van der Waals surface area contributed by atoms with Crippen LogP contribution in [-0.2, 0) is 14.3 Å². The Morgan fingerprint density at radius 2 is 1.93 bits per heavy atom. The van der Waals surface area contributed by atoms with E-state index in [4.69, 9.17) is 15.2 Å². The summed E-state index contributed by atoms with van der Waals surface area (Å²) in [5.74, 6) is -0.852. The lowest BCUT2D eigenvalue weighted by Gasteiger charge is -2.48. The maximum atomic E-state index is 12.3. The Bertz CT molecular complexity index is 695. The first-order valence-electron chi connectivity index (χ1n) is 10.1. The fraction of sp³-hybridized carbons (Fsp3) is 0.619. The van der Waals surface area contributed by atoms with E-state index in [2.05, 4.69) is 10.2 Å². The van der Waals surface area contributed by atoms with Crippen LogP contribution in [0.15, 0.2) is 18.2 Å². The van der Waals surface area contributed by atoms with Crippen molar-refractivity contribution in [3.63, 3.8) is 0 Å². The first-order chi connectivity index (χ1) is 13.5. The average Bonchev–Trinajstić information content (AvgIpc) is 2.74. The van der Waals surface area contributed by atoms with Crippen LogP contribution in [0.1, 0.15) is 48.0 Å². The number of carbonyl (C=O) groups excluding carboxylic acids is 2. The van der Waals surface area contributed by atoms with Crippen molar-refractivity contribution in [2.75, 3.05) is 45.2 Å². The first-order valence-corrected chi connectivity index (χ1v) is 10.1. The highest BCUT2D eigenvalue weighted by molar-refractivity contribution is 5.96. The van der Waals surface area contributed by atoms with Gasteiger partial charge in [0, 0.05) is 30.9 Å². The Morgan fingerprint density at radius 1 is 1.21 bits per heavy atom. The Balaban J connectivity index is 1.53. The van der Waals surface area contributed by atoms with Crippen LogP contribution in [0, 0.1) is 6.92 Å². The van der Waals surface area contributed by atoms with E-state index in [0.29, 0.717) is 17.8 Å². The number of nitrogens with zero attached hydrogens (tertiary/aromatic N) is 1. The standard InChI is InChI=1S/C21H31N3O4/c1-16-6-5-7-17(19(16)22)20(26)28-14-18(25)23-15-21(8-3-2-4-9-21)24-10-12-27-13-11-24/h5-7H,2-4,8-15,22H2,1H3,(H,23,25). The van der Waals surface area contributed by atoms with Gasteiger partial charge in [-0.3, -0.25) is 9.69 Å². The van der Waals surface area contributed by atoms with Crippen LogP contribution in [0.2, 0.25) is 0 Å². The highest BCUT2D eigenvalue weighted by Gasteiger charge is 2.38. The molecule has 2 aliphatic rings. The number of morpholine rings is 1. The molecular formula is C21H31N3O4. The van der Waals surface area contributed by atoms with Crippen LogP contribution in [0.3, 0.4) is 0 Å². The van der Waals surface area contributed by atoms with Crippen LogP contribution in [-0.4, -0.2) is 61.8 Å². The van der Waals surface area contributed by atoms with E-state index in [1.54, 1.807) is 12.1 Å². The van der Waals surface area contributed by atoms with E-state index < -0.39 is 5.97 Å². The highest BCUT2D eigenvalue weighted by atomic mass is 16.5. The van der Waals surface area contributed by atoms with E-state index in [9.17, 15) is 9.59 Å². The van der Waals surface area contributed by atoms with Crippen molar-refractivity contribution < 1.29 is 19.1 Å². The molecule has 7 heteroatoms. The molecule has 0 spiro atoms. The third-order valence-corrected chi connectivity index (χ3v) is 5.96. The smallest absolute Gasteiger partial charge is 0.340 e. The van der Waals surface area contributed by atoms with E-state index in [0.717, 1.165) is 44.7 Å². The van der Waals surface area contributed by atoms with Gasteiger partial charge in [0.2, 0.25) is 0 Å². The van der Waals surface area contributed by atoms with Crippen molar-refractivity contribution in [3.05, 3.63) is 29.3 Å². The Hall–Kier alpha value is -2.12. The zero-order chi connectivity index (χ0) is 20.0. The van der Waals surface area contributed by atoms with Gasteiger partial charge in [0.25, 0.3) is 5.91 Å². The molecule has 1 aromatic carbocycles. The number of hydrogen-bond donors (Lipinski definition) is 2. The van der Waals surface area contributed by atoms with Gasteiger partial charge in [-0.15, -0.1) is 0 Å². The third kappa shape index (κ3) is 4.83. The summed E-state index contributed by atoms with van der Waals surface area (Å²) in [7, 11) is 0. The van der Waals surface area contributed by atoms with Crippen molar-refractivity contribution in [1.29, 1.82) is 0 Å². The number of aryl methyl sites for hydroxylation is 1. The molecule has 1 aliphatic carbocycles. The fourth-order valence-electron chi connectivity index (χ4n) is 4.23. The quantitative estimate of drug-likeness (QED) is 0.570. The van der Waals surface area contributed by atoms with Crippen molar-refractivity contribution in [1.82, 2.24) is 10.2 Å². The molecule has 28 heavy (non-hydrogen) atoms. The van der Waals surface area contributed by atoms with Gasteiger partial charge < -0.3 is 20.5 Å². The molecule has 1 amide bonds. The summed E-state index contributed by atoms with van der Waals surface area (Å²) >= 11 is 0. The summed E-state index contributed by atoms with van der Waals surface area (Å²) in [6, 6.07) is 5.18. The number of amides is 1. The molecule has 0 aromatic heterocycles. The van der Waals surface area contributed by atoms with Crippen molar-refractivity contribution in [2.24, 2.45) is 0 Å². The SMILES string of the molecule is Cc1cccc(C(=O)OCC(=O)NCC2(N3CCOCC3)CCCCC2)c1N. The minimum absolute atomic E-state index is 0.0112. The number of ether oxygens (including phenoxy) is 2. The molecule has 154 valence electrons. The van der Waals surface area contributed by atoms with Crippen molar-refractivity contribution in [2.45, 2.75) is 44.6 Å². The number of hydrogen-bond acceptors (Lipinski definition) is 6. The molecule has 0 radical (unpaired) electrons. The highest BCUT2D eigenvalue weighted by Crippen LogP contribution is 2.33. The summed E-state index contributed by atoms with van der Waals surface area (Å²) < 4.78 is 10.7. The van der Waals surface area contributed by atoms with Crippen LogP contribution in [0.25, 0.3) is 0 Å². The van der Waals surface area contributed by atoms with Crippen molar-refractivity contribution in [3.8, 4) is 0 Å². The number of benzene rings is 1. The predicted octanol–water partition coefficient (Wildman–Crippen LogP) is 1.89. The largest absolute Gasteiger partial charge is 0.452 e. The molecule has 0 atom stereocenters. The second-order valence-corrected chi connectivity index (χ2v) is 7.77. The van der Waals surface area contributed by atoms with E-state index in [1.165, 1.54) is 19.3 Å². The van der Waals surface area contributed by atoms with E-state index >= 15 is 0 Å². The molecule has 1 saturated heterocycles. The van der Waals surface area contributed by atoms with Gasteiger partial charge >= 0.3 is 5.97 Å². The number of anilines is 1. The number of nitrogen functional groups attached to an aromatic ring is 1. The minimum Gasteiger partial charge on any atom is -0.452 e. The molecule has 3 rings (SSSR count). The van der Waals surface area contributed by atoms with E-state index in [1.807, 2.05) is 13.0 Å². The third-order valence-electron chi connectivity index (χ3n) is 5.96. The topological polar surface area (TPSA) is 93.9 Å². The van der Waals surface area contributed by atoms with Gasteiger partial charge in [0.15, 0.2) is 6.61 Å². The lowest BCUT2D eigenvalue weighted by Crippen LogP contribution is -2.59. The lowest BCUT2D eigenvalue weighted by atomic mass is 9.79. The summed E-state index contributed by atoms with van der Waals surface area (Å²) in [5, 5.41) is 2.99. The summed E-state index contributed by atoms with van der Waals surface area (Å²) in [4.78, 5) is 27.0. The maximum absolute atomic E-state index is 12.3. The molecule has 0 unspecified atom stereocenters. The number of para-hydroxylation sites is 1. The monoisotopic (exact) mass is 389 g/mol. The zero-order valence-corrected chi connectivity index (χ0v) is 16.7. The molecule has 3 N–H and O–H groups in total. The van der Waals surface area contributed by atoms with Crippen molar-refractivity contribution >= 4 is 17.6 Å². The second kappa shape index (κ2) is 9.39. The average molecular weight is 389 g/mol. The predicted molar refractivity (Wildman–Crippen MR) is 107 cm³/mol. The molecule has 1 heterocycles. The Kier molecular flexibility index (Phi) is 6.91. The molecule has 1 aromatic rings. The number of nitrogens with one attached hydrogen (secondary N) is 1. The summed E-state index contributed by atoms with van der Waals surface area (Å²) in [5.41, 5.74) is 7.41. The van der Waals surface area contributed by atoms with Gasteiger partial charge in [0.1, 0.15) is 0 Å². The molecular weight excluding hydrogens is 358 g/mol. The summed E-state index contributed by atoms with van der Waals surface area (Å²) in [6.45, 7) is 5.39. The number of nitrogens with two attached hydrogens (primary N) is 1. The number of carbonyl (C=O) groups is 2. The van der Waals surface area contributed by atoms with Gasteiger partial charge in [0.05, 0.1) is 18.8 Å². The van der Waals surface area contributed by atoms with Gasteiger partial charge in [-0.05, 0) is 31.4 Å². The number of esters is 1. The minimum atomic E-state index is -0.572. The van der Waals surface area contributed by atoms with Gasteiger partial charge in [-0.1, -0.05) is 31.4 Å². The zero-order valence-electron chi connectivity index (χ0n) is 16.7.